The molecule has 1 aliphatic heterocycles. The molecule has 1 saturated heterocycles. The highest BCUT2D eigenvalue weighted by Crippen LogP contribution is 2.22. The Kier molecular flexibility index (Phi) is 5.65. The van der Waals surface area contributed by atoms with Crippen LogP contribution in [0.1, 0.15) is 35.0 Å². The molecule has 2 aromatic heterocycles. The van der Waals surface area contributed by atoms with Crippen molar-refractivity contribution in [2.75, 3.05) is 13.2 Å². The SMILES string of the molecule is CCOc1ncccc1CNC(=O)[C@H]1CCCN1C(=O)c1cccs1. The molecule has 0 radical (unpaired) electrons. The molecule has 7 heteroatoms. The van der Waals surface area contributed by atoms with Gasteiger partial charge in [0.15, 0.2) is 0 Å². The molecule has 0 aromatic carbocycles. The molecule has 0 saturated carbocycles. The van der Waals surface area contributed by atoms with Crippen molar-refractivity contribution in [1.82, 2.24) is 15.2 Å². The van der Waals surface area contributed by atoms with E-state index in [9.17, 15) is 9.59 Å². The number of hydrogen-bond donors (Lipinski definition) is 1. The Bertz CT molecular complexity index is 733. The number of pyridine rings is 1. The third-order valence-corrected chi connectivity index (χ3v) is 4.99. The van der Waals surface area contributed by atoms with Crippen LogP contribution in [-0.4, -0.2) is 40.9 Å². The quantitative estimate of drug-likeness (QED) is 0.860. The van der Waals surface area contributed by atoms with Gasteiger partial charge in [0.2, 0.25) is 11.8 Å². The highest BCUT2D eigenvalue weighted by Gasteiger charge is 2.34. The predicted octanol–water partition coefficient (Wildman–Crippen LogP) is 2.46. The Balaban J connectivity index is 1.64. The zero-order valence-corrected chi connectivity index (χ0v) is 14.9. The Hall–Kier alpha value is -2.41. The summed E-state index contributed by atoms with van der Waals surface area (Å²) < 4.78 is 5.48. The monoisotopic (exact) mass is 359 g/mol. The van der Waals surface area contributed by atoms with Gasteiger partial charge in [-0.25, -0.2) is 4.98 Å². The number of hydrogen-bond acceptors (Lipinski definition) is 5. The van der Waals surface area contributed by atoms with Crippen molar-refractivity contribution >= 4 is 23.2 Å². The average molecular weight is 359 g/mol. The number of carbonyl (C=O) groups is 2. The van der Waals surface area contributed by atoms with E-state index in [4.69, 9.17) is 4.74 Å². The summed E-state index contributed by atoms with van der Waals surface area (Å²) in [6.45, 7) is 3.36. The van der Waals surface area contributed by atoms with Gasteiger partial charge in [-0.05, 0) is 37.3 Å². The summed E-state index contributed by atoms with van der Waals surface area (Å²) in [4.78, 5) is 31.7. The number of likely N-dealkylation sites (tertiary alicyclic amines) is 1. The van der Waals surface area contributed by atoms with Crippen LogP contribution in [0, 0.1) is 0 Å². The molecule has 1 N–H and O–H groups in total. The average Bonchev–Trinajstić information content (AvgIpc) is 3.32. The van der Waals surface area contributed by atoms with E-state index in [-0.39, 0.29) is 11.8 Å². The maximum Gasteiger partial charge on any atom is 0.264 e. The summed E-state index contributed by atoms with van der Waals surface area (Å²) in [6, 6.07) is 6.92. The Morgan fingerprint density at radius 3 is 3.04 bits per heavy atom. The minimum atomic E-state index is -0.415. The first-order valence-electron chi connectivity index (χ1n) is 8.39. The van der Waals surface area contributed by atoms with Crippen LogP contribution in [0.2, 0.25) is 0 Å². The number of thiophene rings is 1. The number of carbonyl (C=O) groups excluding carboxylic acids is 2. The zero-order chi connectivity index (χ0) is 17.6. The second-order valence-corrected chi connectivity index (χ2v) is 6.70. The number of nitrogens with one attached hydrogen (secondary N) is 1. The number of aromatic nitrogens is 1. The molecule has 0 spiro atoms. The standard InChI is InChI=1S/C18H21N3O3S/c1-2-24-17-13(6-3-9-19-17)12-20-16(22)14-7-4-10-21(14)18(23)15-8-5-11-25-15/h3,5-6,8-9,11,14H,2,4,7,10,12H2,1H3,(H,20,22)/t14-/m1/s1. The van der Waals surface area contributed by atoms with Gasteiger partial charge < -0.3 is 15.0 Å². The minimum Gasteiger partial charge on any atom is -0.478 e. The van der Waals surface area contributed by atoms with E-state index in [1.165, 1.54) is 11.3 Å². The van der Waals surface area contributed by atoms with Gasteiger partial charge in [-0.2, -0.15) is 0 Å². The van der Waals surface area contributed by atoms with Crippen molar-refractivity contribution in [3.63, 3.8) is 0 Å². The Morgan fingerprint density at radius 1 is 1.40 bits per heavy atom. The largest absolute Gasteiger partial charge is 0.478 e. The number of ether oxygens (including phenoxy) is 1. The molecule has 0 bridgehead atoms. The summed E-state index contributed by atoms with van der Waals surface area (Å²) in [6.07, 6.45) is 3.19. The molecule has 0 aliphatic carbocycles. The first kappa shape index (κ1) is 17.4. The molecule has 3 heterocycles. The van der Waals surface area contributed by atoms with Gasteiger partial charge in [-0.1, -0.05) is 12.1 Å². The number of rotatable bonds is 6. The lowest BCUT2D eigenvalue weighted by Gasteiger charge is -2.23. The molecule has 132 valence electrons. The van der Waals surface area contributed by atoms with E-state index in [0.29, 0.717) is 36.9 Å². The van der Waals surface area contributed by atoms with Crippen LogP contribution in [0.3, 0.4) is 0 Å². The molecule has 6 nitrogen and oxygen atoms in total. The van der Waals surface area contributed by atoms with Crippen LogP contribution < -0.4 is 10.1 Å². The molecular weight excluding hydrogens is 338 g/mol. The first-order chi connectivity index (χ1) is 12.2. The molecule has 2 amide bonds. The van der Waals surface area contributed by atoms with Crippen LogP contribution in [-0.2, 0) is 11.3 Å². The third kappa shape index (κ3) is 3.99. The van der Waals surface area contributed by atoms with Gasteiger partial charge in [0.05, 0.1) is 11.5 Å². The van der Waals surface area contributed by atoms with E-state index in [1.807, 2.05) is 30.5 Å². The van der Waals surface area contributed by atoms with E-state index in [1.54, 1.807) is 17.2 Å². The van der Waals surface area contributed by atoms with E-state index in [0.717, 1.165) is 12.0 Å². The molecule has 25 heavy (non-hydrogen) atoms. The molecule has 1 atom stereocenters. The summed E-state index contributed by atoms with van der Waals surface area (Å²) in [5.41, 5.74) is 0.826. The van der Waals surface area contributed by atoms with Crippen molar-refractivity contribution < 1.29 is 14.3 Å². The second kappa shape index (κ2) is 8.11. The van der Waals surface area contributed by atoms with Gasteiger partial charge in [-0.3, -0.25) is 9.59 Å². The molecule has 1 aliphatic rings. The van der Waals surface area contributed by atoms with Crippen LogP contribution in [0.25, 0.3) is 0 Å². The van der Waals surface area contributed by atoms with Crippen LogP contribution in [0.15, 0.2) is 35.8 Å². The second-order valence-electron chi connectivity index (χ2n) is 5.75. The lowest BCUT2D eigenvalue weighted by atomic mass is 10.2. The smallest absolute Gasteiger partial charge is 0.264 e. The fourth-order valence-corrected chi connectivity index (χ4v) is 3.63. The predicted molar refractivity (Wildman–Crippen MR) is 95.6 cm³/mol. The van der Waals surface area contributed by atoms with Crippen molar-refractivity contribution in [2.24, 2.45) is 0 Å². The molecule has 3 rings (SSSR count). The highest BCUT2D eigenvalue weighted by atomic mass is 32.1. The Labute approximate surface area is 150 Å². The topological polar surface area (TPSA) is 71.5 Å². The molecule has 0 unspecified atom stereocenters. The minimum absolute atomic E-state index is 0.0657. The van der Waals surface area contributed by atoms with E-state index >= 15 is 0 Å². The maximum absolute atomic E-state index is 12.6. The van der Waals surface area contributed by atoms with Crippen molar-refractivity contribution in [1.29, 1.82) is 0 Å². The molecular formula is C18H21N3O3S. The fraction of sp³-hybridized carbons (Fsp3) is 0.389. The van der Waals surface area contributed by atoms with Crippen molar-refractivity contribution in [2.45, 2.75) is 32.4 Å². The van der Waals surface area contributed by atoms with Gasteiger partial charge in [0, 0.05) is 24.8 Å². The van der Waals surface area contributed by atoms with Crippen molar-refractivity contribution in [3.8, 4) is 5.88 Å². The lowest BCUT2D eigenvalue weighted by Crippen LogP contribution is -2.45. The summed E-state index contributed by atoms with van der Waals surface area (Å²) in [5, 5.41) is 4.79. The van der Waals surface area contributed by atoms with Gasteiger partial charge in [0.25, 0.3) is 5.91 Å². The van der Waals surface area contributed by atoms with E-state index < -0.39 is 6.04 Å². The van der Waals surface area contributed by atoms with Crippen molar-refractivity contribution in [3.05, 3.63) is 46.3 Å². The van der Waals surface area contributed by atoms with Gasteiger partial charge in [0.1, 0.15) is 6.04 Å². The maximum atomic E-state index is 12.6. The fourth-order valence-electron chi connectivity index (χ4n) is 2.95. The van der Waals surface area contributed by atoms with Crippen LogP contribution in [0.4, 0.5) is 0 Å². The van der Waals surface area contributed by atoms with Gasteiger partial charge >= 0.3 is 0 Å². The lowest BCUT2D eigenvalue weighted by molar-refractivity contribution is -0.125. The van der Waals surface area contributed by atoms with Gasteiger partial charge in [-0.15, -0.1) is 11.3 Å². The first-order valence-corrected chi connectivity index (χ1v) is 9.27. The summed E-state index contributed by atoms with van der Waals surface area (Å²) in [5.74, 6) is 0.334. The molecule has 2 aromatic rings. The molecule has 1 fully saturated rings. The number of amides is 2. The van der Waals surface area contributed by atoms with Crippen LogP contribution in [0.5, 0.6) is 5.88 Å². The summed E-state index contributed by atoms with van der Waals surface area (Å²) >= 11 is 1.40. The van der Waals surface area contributed by atoms with Crippen LogP contribution >= 0.6 is 11.3 Å². The highest BCUT2D eigenvalue weighted by molar-refractivity contribution is 7.12. The van der Waals surface area contributed by atoms with E-state index in [2.05, 4.69) is 10.3 Å². The summed E-state index contributed by atoms with van der Waals surface area (Å²) in [7, 11) is 0. The Morgan fingerprint density at radius 2 is 2.28 bits per heavy atom. The number of nitrogens with zero attached hydrogens (tertiary/aromatic N) is 2. The normalized spacial score (nSPS) is 16.7. The zero-order valence-electron chi connectivity index (χ0n) is 14.1. The third-order valence-electron chi connectivity index (χ3n) is 4.13.